The smallest absolute Gasteiger partial charge is 0.249 e. The predicted molar refractivity (Wildman–Crippen MR) is 75.1 cm³/mol. The van der Waals surface area contributed by atoms with Crippen LogP contribution >= 0.6 is 0 Å². The van der Waals surface area contributed by atoms with Crippen molar-refractivity contribution in [2.24, 2.45) is 11.7 Å². The molecular weight excluding hydrogens is 222 g/mol. The number of benzene rings is 1. The van der Waals surface area contributed by atoms with E-state index in [0.717, 1.165) is 5.56 Å². The lowest BCUT2D eigenvalue weighted by Gasteiger charge is -2.15. The Bertz CT molecular complexity index is 579. The molecule has 1 aliphatic rings. The van der Waals surface area contributed by atoms with Crippen molar-refractivity contribution in [1.29, 1.82) is 0 Å². The molecule has 0 saturated heterocycles. The van der Waals surface area contributed by atoms with E-state index in [1.54, 1.807) is 6.07 Å². The number of nitrogens with two attached hydrogens (primary N) is 1. The van der Waals surface area contributed by atoms with Crippen LogP contribution in [0.25, 0.3) is 5.57 Å². The van der Waals surface area contributed by atoms with Crippen molar-refractivity contribution in [2.45, 2.75) is 27.7 Å². The standard InChI is InChI=1S/C16H19NO/c1-9-10(2)12(4)15(11(9)3)13-7-5-6-8-14(13)16(17)18/h5-8,11H,1-4H3,(H2,17,18). The molecule has 0 aromatic heterocycles. The van der Waals surface area contributed by atoms with Crippen LogP contribution in [0.15, 0.2) is 41.0 Å². The number of carbonyl (C=O) groups excluding carboxylic acids is 1. The molecule has 1 aliphatic carbocycles. The summed E-state index contributed by atoms with van der Waals surface area (Å²) in [5, 5.41) is 0. The first-order valence-electron chi connectivity index (χ1n) is 6.22. The second-order valence-corrected chi connectivity index (χ2v) is 4.98. The Morgan fingerprint density at radius 3 is 2.22 bits per heavy atom. The van der Waals surface area contributed by atoms with Gasteiger partial charge in [0.25, 0.3) is 0 Å². The molecule has 0 radical (unpaired) electrons. The van der Waals surface area contributed by atoms with Crippen LogP contribution in [-0.4, -0.2) is 5.91 Å². The molecular formula is C16H19NO. The van der Waals surface area contributed by atoms with E-state index < -0.39 is 0 Å². The number of amides is 1. The maximum absolute atomic E-state index is 11.5. The van der Waals surface area contributed by atoms with Gasteiger partial charge in [-0.1, -0.05) is 30.7 Å². The van der Waals surface area contributed by atoms with Crippen molar-refractivity contribution in [1.82, 2.24) is 0 Å². The maximum atomic E-state index is 11.5. The van der Waals surface area contributed by atoms with E-state index in [1.165, 1.54) is 22.3 Å². The molecule has 2 nitrogen and oxygen atoms in total. The van der Waals surface area contributed by atoms with E-state index >= 15 is 0 Å². The molecule has 0 spiro atoms. The first kappa shape index (κ1) is 12.6. The third-order valence-electron chi connectivity index (χ3n) is 4.12. The Kier molecular flexibility index (Phi) is 3.12. The van der Waals surface area contributed by atoms with E-state index in [9.17, 15) is 4.79 Å². The van der Waals surface area contributed by atoms with Crippen LogP contribution in [0.3, 0.4) is 0 Å². The van der Waals surface area contributed by atoms with Crippen molar-refractivity contribution in [2.75, 3.05) is 0 Å². The molecule has 1 aromatic rings. The van der Waals surface area contributed by atoms with Crippen LogP contribution in [0.5, 0.6) is 0 Å². The highest BCUT2D eigenvalue weighted by Crippen LogP contribution is 2.43. The van der Waals surface area contributed by atoms with Crippen LogP contribution in [0, 0.1) is 5.92 Å². The van der Waals surface area contributed by atoms with Gasteiger partial charge in [0.05, 0.1) is 0 Å². The minimum Gasteiger partial charge on any atom is -0.366 e. The summed E-state index contributed by atoms with van der Waals surface area (Å²) < 4.78 is 0. The number of rotatable bonds is 2. The highest BCUT2D eigenvalue weighted by atomic mass is 16.1. The van der Waals surface area contributed by atoms with Gasteiger partial charge >= 0.3 is 0 Å². The van der Waals surface area contributed by atoms with Crippen molar-refractivity contribution in [3.05, 3.63) is 52.1 Å². The summed E-state index contributed by atoms with van der Waals surface area (Å²) in [6.07, 6.45) is 0. The number of carbonyl (C=O) groups is 1. The van der Waals surface area contributed by atoms with Gasteiger partial charge in [-0.15, -0.1) is 0 Å². The molecule has 1 aromatic carbocycles. The molecule has 1 unspecified atom stereocenters. The second kappa shape index (κ2) is 4.45. The van der Waals surface area contributed by atoms with E-state index in [-0.39, 0.29) is 5.91 Å². The molecule has 0 saturated carbocycles. The normalized spacial score (nSPS) is 19.7. The highest BCUT2D eigenvalue weighted by molar-refractivity contribution is 5.99. The molecule has 0 aliphatic heterocycles. The van der Waals surface area contributed by atoms with Gasteiger partial charge in [-0.05, 0) is 49.1 Å². The van der Waals surface area contributed by atoms with Crippen LogP contribution in [0.2, 0.25) is 0 Å². The van der Waals surface area contributed by atoms with E-state index in [0.29, 0.717) is 11.5 Å². The van der Waals surface area contributed by atoms with Crippen LogP contribution in [-0.2, 0) is 0 Å². The summed E-state index contributed by atoms with van der Waals surface area (Å²) in [7, 11) is 0. The largest absolute Gasteiger partial charge is 0.366 e. The van der Waals surface area contributed by atoms with Gasteiger partial charge in [0.2, 0.25) is 5.91 Å². The number of hydrogen-bond acceptors (Lipinski definition) is 1. The van der Waals surface area contributed by atoms with E-state index in [1.807, 2.05) is 18.2 Å². The molecule has 94 valence electrons. The minimum atomic E-state index is -0.361. The topological polar surface area (TPSA) is 43.1 Å². The Balaban J connectivity index is 2.63. The van der Waals surface area contributed by atoms with Gasteiger partial charge < -0.3 is 5.73 Å². The van der Waals surface area contributed by atoms with Gasteiger partial charge in [0.1, 0.15) is 0 Å². The molecule has 0 fully saturated rings. The van der Waals surface area contributed by atoms with E-state index in [4.69, 9.17) is 5.73 Å². The van der Waals surface area contributed by atoms with Gasteiger partial charge in [-0.2, -0.15) is 0 Å². The van der Waals surface area contributed by atoms with Crippen LogP contribution < -0.4 is 5.73 Å². The van der Waals surface area contributed by atoms with Crippen LogP contribution in [0.4, 0.5) is 0 Å². The summed E-state index contributed by atoms with van der Waals surface area (Å²) in [5.41, 5.74) is 12.3. The van der Waals surface area contributed by atoms with Gasteiger partial charge in [0.15, 0.2) is 0 Å². The average molecular weight is 241 g/mol. The van der Waals surface area contributed by atoms with Crippen molar-refractivity contribution in [3.63, 3.8) is 0 Å². The zero-order chi connectivity index (χ0) is 13.4. The van der Waals surface area contributed by atoms with Crippen molar-refractivity contribution < 1.29 is 4.79 Å². The summed E-state index contributed by atoms with van der Waals surface area (Å²) in [6.45, 7) is 8.60. The molecule has 1 atom stereocenters. The highest BCUT2D eigenvalue weighted by Gasteiger charge is 2.26. The fourth-order valence-corrected chi connectivity index (χ4v) is 2.73. The van der Waals surface area contributed by atoms with Crippen LogP contribution in [0.1, 0.15) is 43.6 Å². The van der Waals surface area contributed by atoms with Gasteiger partial charge in [-0.3, -0.25) is 4.79 Å². The number of allylic oxidation sites excluding steroid dienone is 4. The fourth-order valence-electron chi connectivity index (χ4n) is 2.73. The van der Waals surface area contributed by atoms with Gasteiger partial charge in [0, 0.05) is 11.5 Å². The fraction of sp³-hybridized carbons (Fsp3) is 0.312. The third-order valence-corrected chi connectivity index (χ3v) is 4.12. The van der Waals surface area contributed by atoms with Gasteiger partial charge in [-0.25, -0.2) is 0 Å². The molecule has 0 bridgehead atoms. The average Bonchev–Trinajstić information content (AvgIpc) is 2.54. The molecule has 18 heavy (non-hydrogen) atoms. The molecule has 2 N–H and O–H groups in total. The SMILES string of the molecule is CC1=C(C)C(C)C(c2ccccc2C(N)=O)=C1C. The number of primary amides is 1. The monoisotopic (exact) mass is 241 g/mol. The Morgan fingerprint density at radius 1 is 1.11 bits per heavy atom. The number of hydrogen-bond donors (Lipinski definition) is 1. The van der Waals surface area contributed by atoms with Crippen molar-refractivity contribution >= 4 is 11.5 Å². The lowest BCUT2D eigenvalue weighted by molar-refractivity contribution is 0.1000. The Hall–Kier alpha value is -1.83. The van der Waals surface area contributed by atoms with Crippen molar-refractivity contribution in [3.8, 4) is 0 Å². The summed E-state index contributed by atoms with van der Waals surface area (Å²) in [6, 6.07) is 7.60. The predicted octanol–water partition coefficient (Wildman–Crippen LogP) is 3.55. The zero-order valence-corrected chi connectivity index (χ0v) is 11.4. The first-order chi connectivity index (χ1) is 8.45. The lowest BCUT2D eigenvalue weighted by Crippen LogP contribution is -2.14. The summed E-state index contributed by atoms with van der Waals surface area (Å²) in [4.78, 5) is 11.5. The minimum absolute atomic E-state index is 0.352. The maximum Gasteiger partial charge on any atom is 0.249 e. The molecule has 1 amide bonds. The summed E-state index contributed by atoms with van der Waals surface area (Å²) in [5.74, 6) is -0.00851. The molecule has 2 heteroatoms. The third kappa shape index (κ3) is 1.78. The quantitative estimate of drug-likeness (QED) is 0.845. The summed E-state index contributed by atoms with van der Waals surface area (Å²) >= 11 is 0. The Morgan fingerprint density at radius 2 is 1.72 bits per heavy atom. The second-order valence-electron chi connectivity index (χ2n) is 4.98. The van der Waals surface area contributed by atoms with E-state index in [2.05, 4.69) is 27.7 Å². The lowest BCUT2D eigenvalue weighted by atomic mass is 9.89. The molecule has 2 rings (SSSR count). The Labute approximate surface area is 108 Å². The zero-order valence-electron chi connectivity index (χ0n) is 11.4. The first-order valence-corrected chi connectivity index (χ1v) is 6.22. The molecule has 0 heterocycles.